The molecule has 3 heteroatoms. The Kier molecular flexibility index (Phi) is 6.32. The maximum atomic E-state index is 3.30. The van der Waals surface area contributed by atoms with Gasteiger partial charge in [-0.25, -0.2) is 0 Å². The van der Waals surface area contributed by atoms with Gasteiger partial charge in [-0.3, -0.25) is 0 Å². The Morgan fingerprint density at radius 1 is 1.44 bits per heavy atom. The number of piperidine rings is 1. The third-order valence-corrected chi connectivity index (χ3v) is 3.82. The van der Waals surface area contributed by atoms with E-state index in [0.29, 0.717) is 6.04 Å². The Balaban J connectivity index is 2.17. The monoisotopic (exact) mass is 227 g/mol. The van der Waals surface area contributed by atoms with Crippen LogP contribution in [0, 0.1) is 0 Å². The van der Waals surface area contributed by atoms with Crippen LogP contribution in [-0.4, -0.2) is 62.7 Å². The SMILES string of the molecule is CNC(C)CCCN1CCCC(N(C)C)C1. The van der Waals surface area contributed by atoms with Crippen molar-refractivity contribution >= 4 is 0 Å². The first-order chi connectivity index (χ1) is 7.63. The topological polar surface area (TPSA) is 18.5 Å². The maximum Gasteiger partial charge on any atom is 0.0217 e. The first kappa shape index (κ1) is 13.9. The number of hydrogen-bond donors (Lipinski definition) is 1. The van der Waals surface area contributed by atoms with E-state index in [0.717, 1.165) is 6.04 Å². The molecule has 0 amide bonds. The lowest BCUT2D eigenvalue weighted by molar-refractivity contribution is 0.131. The van der Waals surface area contributed by atoms with Gasteiger partial charge in [-0.15, -0.1) is 0 Å². The summed E-state index contributed by atoms with van der Waals surface area (Å²) in [6.07, 6.45) is 5.35. The van der Waals surface area contributed by atoms with Crippen molar-refractivity contribution in [1.29, 1.82) is 0 Å². The highest BCUT2D eigenvalue weighted by Gasteiger charge is 2.20. The van der Waals surface area contributed by atoms with E-state index in [9.17, 15) is 0 Å². The summed E-state index contributed by atoms with van der Waals surface area (Å²) in [5.74, 6) is 0. The van der Waals surface area contributed by atoms with Gasteiger partial charge < -0.3 is 15.1 Å². The maximum absolute atomic E-state index is 3.30. The van der Waals surface area contributed by atoms with Gasteiger partial charge >= 0.3 is 0 Å². The third kappa shape index (κ3) is 4.81. The van der Waals surface area contributed by atoms with Gasteiger partial charge in [0.25, 0.3) is 0 Å². The molecule has 0 spiro atoms. The Labute approximate surface area is 101 Å². The van der Waals surface area contributed by atoms with Crippen molar-refractivity contribution in [2.24, 2.45) is 0 Å². The quantitative estimate of drug-likeness (QED) is 0.740. The molecule has 0 radical (unpaired) electrons. The largest absolute Gasteiger partial charge is 0.317 e. The molecule has 2 atom stereocenters. The molecule has 1 saturated heterocycles. The second-order valence-electron chi connectivity index (χ2n) is 5.39. The van der Waals surface area contributed by atoms with Crippen molar-refractivity contribution in [2.75, 3.05) is 40.8 Å². The summed E-state index contributed by atoms with van der Waals surface area (Å²) in [5.41, 5.74) is 0. The number of nitrogens with one attached hydrogen (secondary N) is 1. The molecule has 0 bridgehead atoms. The van der Waals surface area contributed by atoms with Crippen molar-refractivity contribution in [2.45, 2.75) is 44.7 Å². The fourth-order valence-corrected chi connectivity index (χ4v) is 2.42. The Morgan fingerprint density at radius 2 is 2.19 bits per heavy atom. The van der Waals surface area contributed by atoms with E-state index in [1.54, 1.807) is 0 Å². The lowest BCUT2D eigenvalue weighted by Crippen LogP contribution is -2.45. The summed E-state index contributed by atoms with van der Waals surface area (Å²) in [5, 5.41) is 3.30. The van der Waals surface area contributed by atoms with E-state index in [1.165, 1.54) is 45.3 Å². The van der Waals surface area contributed by atoms with Crippen LogP contribution in [0.4, 0.5) is 0 Å². The minimum Gasteiger partial charge on any atom is -0.317 e. The molecule has 1 rings (SSSR count). The van der Waals surface area contributed by atoms with Crippen LogP contribution in [-0.2, 0) is 0 Å². The number of hydrogen-bond acceptors (Lipinski definition) is 3. The van der Waals surface area contributed by atoms with Crippen molar-refractivity contribution < 1.29 is 0 Å². The summed E-state index contributed by atoms with van der Waals surface area (Å²) in [6.45, 7) is 6.11. The molecule has 3 nitrogen and oxygen atoms in total. The molecule has 1 aliphatic rings. The standard InChI is InChI=1S/C13H29N3/c1-12(14-2)7-5-9-16-10-6-8-13(11-16)15(3)4/h12-14H,5-11H2,1-4H3. The number of nitrogens with zero attached hydrogens (tertiary/aromatic N) is 2. The summed E-state index contributed by atoms with van der Waals surface area (Å²) in [4.78, 5) is 5.01. The Hall–Kier alpha value is -0.120. The Morgan fingerprint density at radius 3 is 2.81 bits per heavy atom. The average Bonchev–Trinajstić information content (AvgIpc) is 2.29. The lowest BCUT2D eigenvalue weighted by atomic mass is 10.0. The molecule has 1 fully saturated rings. The van der Waals surface area contributed by atoms with Gasteiger partial charge in [-0.2, -0.15) is 0 Å². The molecule has 0 aliphatic carbocycles. The molecule has 0 aromatic rings. The molecule has 16 heavy (non-hydrogen) atoms. The van der Waals surface area contributed by atoms with Crippen molar-refractivity contribution in [1.82, 2.24) is 15.1 Å². The number of likely N-dealkylation sites (N-methyl/N-ethyl adjacent to an activating group) is 1. The zero-order chi connectivity index (χ0) is 12.0. The minimum absolute atomic E-state index is 0.662. The van der Waals surface area contributed by atoms with Crippen molar-refractivity contribution in [3.05, 3.63) is 0 Å². The van der Waals surface area contributed by atoms with E-state index >= 15 is 0 Å². The predicted molar refractivity (Wildman–Crippen MR) is 70.9 cm³/mol. The fraction of sp³-hybridized carbons (Fsp3) is 1.00. The van der Waals surface area contributed by atoms with E-state index < -0.39 is 0 Å². The van der Waals surface area contributed by atoms with Gasteiger partial charge in [0.15, 0.2) is 0 Å². The molecule has 96 valence electrons. The van der Waals surface area contributed by atoms with E-state index in [-0.39, 0.29) is 0 Å². The smallest absolute Gasteiger partial charge is 0.0217 e. The van der Waals surface area contributed by atoms with Gasteiger partial charge in [-0.1, -0.05) is 0 Å². The van der Waals surface area contributed by atoms with Crippen LogP contribution in [0.25, 0.3) is 0 Å². The zero-order valence-electron chi connectivity index (χ0n) is 11.5. The van der Waals surface area contributed by atoms with Crippen LogP contribution >= 0.6 is 0 Å². The molecule has 2 unspecified atom stereocenters. The second kappa shape index (κ2) is 7.25. The summed E-state index contributed by atoms with van der Waals surface area (Å²) in [7, 11) is 6.46. The van der Waals surface area contributed by atoms with Crippen LogP contribution in [0.15, 0.2) is 0 Å². The van der Waals surface area contributed by atoms with Crippen LogP contribution in [0.3, 0.4) is 0 Å². The highest BCUT2D eigenvalue weighted by Crippen LogP contribution is 2.14. The molecule has 0 aromatic heterocycles. The molecular formula is C13H29N3. The third-order valence-electron chi connectivity index (χ3n) is 3.82. The van der Waals surface area contributed by atoms with Gasteiger partial charge in [0, 0.05) is 18.6 Å². The first-order valence-electron chi connectivity index (χ1n) is 6.69. The molecule has 1 heterocycles. The molecule has 1 aliphatic heterocycles. The predicted octanol–water partition coefficient (Wildman–Crippen LogP) is 1.40. The van der Waals surface area contributed by atoms with Crippen molar-refractivity contribution in [3.8, 4) is 0 Å². The number of likely N-dealkylation sites (tertiary alicyclic amines) is 1. The van der Waals surface area contributed by atoms with Gasteiger partial charge in [0.2, 0.25) is 0 Å². The average molecular weight is 227 g/mol. The second-order valence-corrected chi connectivity index (χ2v) is 5.39. The first-order valence-corrected chi connectivity index (χ1v) is 6.69. The zero-order valence-corrected chi connectivity index (χ0v) is 11.5. The van der Waals surface area contributed by atoms with Crippen LogP contribution in [0.2, 0.25) is 0 Å². The van der Waals surface area contributed by atoms with Gasteiger partial charge in [0.1, 0.15) is 0 Å². The van der Waals surface area contributed by atoms with Crippen LogP contribution in [0.1, 0.15) is 32.6 Å². The molecule has 0 aromatic carbocycles. The highest BCUT2D eigenvalue weighted by molar-refractivity contribution is 4.77. The summed E-state index contributed by atoms with van der Waals surface area (Å²) in [6, 6.07) is 1.44. The fourth-order valence-electron chi connectivity index (χ4n) is 2.42. The Bertz CT molecular complexity index is 182. The van der Waals surface area contributed by atoms with Gasteiger partial charge in [-0.05, 0) is 66.8 Å². The molecule has 1 N–H and O–H groups in total. The molecule has 0 saturated carbocycles. The molecular weight excluding hydrogens is 198 g/mol. The normalized spacial score (nSPS) is 24.9. The van der Waals surface area contributed by atoms with E-state index in [2.05, 4.69) is 36.1 Å². The highest BCUT2D eigenvalue weighted by atomic mass is 15.2. The number of rotatable bonds is 6. The van der Waals surface area contributed by atoms with E-state index in [1.807, 2.05) is 7.05 Å². The van der Waals surface area contributed by atoms with E-state index in [4.69, 9.17) is 0 Å². The van der Waals surface area contributed by atoms with Crippen LogP contribution < -0.4 is 5.32 Å². The summed E-state index contributed by atoms with van der Waals surface area (Å²) < 4.78 is 0. The van der Waals surface area contributed by atoms with Gasteiger partial charge in [0.05, 0.1) is 0 Å². The lowest BCUT2D eigenvalue weighted by Gasteiger charge is -2.36. The van der Waals surface area contributed by atoms with Crippen molar-refractivity contribution in [3.63, 3.8) is 0 Å². The van der Waals surface area contributed by atoms with Crippen LogP contribution in [0.5, 0.6) is 0 Å². The minimum atomic E-state index is 0.662. The summed E-state index contributed by atoms with van der Waals surface area (Å²) >= 11 is 0.